The largest absolute Gasteiger partial charge is 0.372 e. The summed E-state index contributed by atoms with van der Waals surface area (Å²) in [6.07, 6.45) is 5.18. The second kappa shape index (κ2) is 4.50. The highest BCUT2D eigenvalue weighted by atomic mass is 16.5. The molecular weight excluding hydrogens is 216 g/mol. The molecule has 0 amide bonds. The second-order valence-corrected chi connectivity index (χ2v) is 4.31. The Morgan fingerprint density at radius 3 is 2.76 bits per heavy atom. The van der Waals surface area contributed by atoms with E-state index in [1.165, 1.54) is 27.8 Å². The van der Waals surface area contributed by atoms with Gasteiger partial charge in [0.1, 0.15) is 6.61 Å². The summed E-state index contributed by atoms with van der Waals surface area (Å²) in [4.78, 5) is 0. The summed E-state index contributed by atoms with van der Waals surface area (Å²) in [7, 11) is 0. The van der Waals surface area contributed by atoms with Crippen LogP contribution in [-0.4, -0.2) is 6.61 Å². The third-order valence-corrected chi connectivity index (χ3v) is 3.29. The molecule has 0 atom stereocenters. The lowest BCUT2D eigenvalue weighted by Gasteiger charge is -2.11. The lowest BCUT2D eigenvalue weighted by Crippen LogP contribution is -2.02. The molecule has 2 aliphatic heterocycles. The van der Waals surface area contributed by atoms with Crippen LogP contribution >= 0.6 is 0 Å². The van der Waals surface area contributed by atoms with Crippen LogP contribution in [0.5, 0.6) is 0 Å². The average Bonchev–Trinajstić information content (AvgIpc) is 2.96. The Morgan fingerprint density at radius 2 is 1.88 bits per heavy atom. The van der Waals surface area contributed by atoms with Crippen LogP contribution in [0.15, 0.2) is 6.07 Å². The van der Waals surface area contributed by atoms with Gasteiger partial charge in [-0.1, -0.05) is 12.0 Å². The normalized spacial score (nSPS) is 16.6. The highest BCUT2D eigenvalue weighted by Crippen LogP contribution is 2.34. The molecule has 0 saturated heterocycles. The molecule has 0 unspecified atom stereocenters. The average molecular weight is 230 g/mol. The molecule has 2 aliphatic rings. The summed E-state index contributed by atoms with van der Waals surface area (Å²) in [6.45, 7) is 3.70. The lowest BCUT2D eigenvalue weighted by molar-refractivity contribution is 0.124. The van der Waals surface area contributed by atoms with E-state index in [1.54, 1.807) is 0 Å². The number of rotatable bonds is 3. The highest BCUT2D eigenvalue weighted by Gasteiger charge is 2.25. The molecule has 3 heteroatoms. The first kappa shape index (κ1) is 10.8. The first-order chi connectivity index (χ1) is 8.40. The molecule has 3 rings (SSSR count). The van der Waals surface area contributed by atoms with E-state index in [4.69, 9.17) is 20.6 Å². The summed E-state index contributed by atoms with van der Waals surface area (Å²) in [5, 5.41) is 0. The van der Waals surface area contributed by atoms with Gasteiger partial charge in [-0.05, 0) is 27.8 Å². The molecule has 1 aromatic carbocycles. The van der Waals surface area contributed by atoms with E-state index in [9.17, 15) is 0 Å². The van der Waals surface area contributed by atoms with E-state index in [0.717, 1.165) is 0 Å². The molecule has 0 aromatic heterocycles. The van der Waals surface area contributed by atoms with Crippen molar-refractivity contribution in [3.05, 3.63) is 33.9 Å². The van der Waals surface area contributed by atoms with Crippen molar-refractivity contribution in [2.45, 2.75) is 33.0 Å². The lowest BCUT2D eigenvalue weighted by atomic mass is 9.95. The Kier molecular flexibility index (Phi) is 2.86. The van der Waals surface area contributed by atoms with Gasteiger partial charge in [-0.25, -0.2) is 0 Å². The summed E-state index contributed by atoms with van der Waals surface area (Å²) in [5.41, 5.74) is 6.36. The minimum Gasteiger partial charge on any atom is -0.372 e. The molecule has 3 nitrogen and oxygen atoms in total. The van der Waals surface area contributed by atoms with Gasteiger partial charge in [0.05, 0.1) is 33.0 Å². The number of ether oxygens (including phenoxy) is 3. The van der Waals surface area contributed by atoms with Crippen molar-refractivity contribution in [1.82, 2.24) is 0 Å². The molecule has 0 spiro atoms. The minimum atomic E-state index is 0.350. The van der Waals surface area contributed by atoms with Crippen LogP contribution in [0, 0.1) is 12.3 Å². The highest BCUT2D eigenvalue weighted by molar-refractivity contribution is 5.47. The quantitative estimate of drug-likeness (QED) is 0.586. The Labute approximate surface area is 101 Å². The van der Waals surface area contributed by atoms with E-state index in [2.05, 4.69) is 12.0 Å². The maximum absolute atomic E-state index is 5.54. The molecule has 0 aliphatic carbocycles. The zero-order valence-corrected chi connectivity index (χ0v) is 9.62. The molecule has 0 bridgehead atoms. The first-order valence-corrected chi connectivity index (χ1v) is 5.72. The number of terminal acetylenes is 1. The summed E-state index contributed by atoms with van der Waals surface area (Å²) < 4.78 is 16.4. The smallest absolute Gasteiger partial charge is 0.107 e. The van der Waals surface area contributed by atoms with Gasteiger partial charge in [0, 0.05) is 0 Å². The maximum atomic E-state index is 5.54. The van der Waals surface area contributed by atoms with Crippen LogP contribution < -0.4 is 0 Å². The molecule has 88 valence electrons. The summed E-state index contributed by atoms with van der Waals surface area (Å²) in [5.74, 6) is 2.48. The van der Waals surface area contributed by atoms with E-state index < -0.39 is 0 Å². The van der Waals surface area contributed by atoms with Gasteiger partial charge in [0.2, 0.25) is 0 Å². The zero-order valence-electron chi connectivity index (χ0n) is 9.62. The number of benzene rings is 1. The van der Waals surface area contributed by atoms with Gasteiger partial charge in [-0.15, -0.1) is 6.42 Å². The van der Waals surface area contributed by atoms with Crippen LogP contribution in [0.3, 0.4) is 0 Å². The predicted octanol–water partition coefficient (Wildman–Crippen LogP) is 1.90. The fraction of sp³-hybridized carbons (Fsp3) is 0.429. The predicted molar refractivity (Wildman–Crippen MR) is 61.9 cm³/mol. The minimum absolute atomic E-state index is 0.350. The Morgan fingerprint density at radius 1 is 1.12 bits per heavy atom. The molecule has 0 N–H and O–H groups in total. The van der Waals surface area contributed by atoms with Gasteiger partial charge < -0.3 is 14.2 Å². The first-order valence-electron chi connectivity index (χ1n) is 5.72. The van der Waals surface area contributed by atoms with Crippen LogP contribution in [0.25, 0.3) is 0 Å². The second-order valence-electron chi connectivity index (χ2n) is 4.31. The van der Waals surface area contributed by atoms with E-state index in [-0.39, 0.29) is 0 Å². The van der Waals surface area contributed by atoms with Gasteiger partial charge >= 0.3 is 0 Å². The zero-order chi connectivity index (χ0) is 11.7. The Balaban J connectivity index is 1.94. The van der Waals surface area contributed by atoms with Gasteiger partial charge in [-0.3, -0.25) is 0 Å². The fourth-order valence-corrected chi connectivity index (χ4v) is 2.48. The standard InChI is InChI=1S/C14H14O3/c1-2-3-15-5-10-4-11-6-16-7-12(11)14-9-17-8-13(10)14/h1,4H,3,5-9H2. The van der Waals surface area contributed by atoms with Crippen molar-refractivity contribution < 1.29 is 14.2 Å². The summed E-state index contributed by atoms with van der Waals surface area (Å²) in [6, 6.07) is 2.17. The Bertz CT molecular complexity index is 485. The Hall–Kier alpha value is -1.34. The topological polar surface area (TPSA) is 27.7 Å². The van der Waals surface area contributed by atoms with Crippen molar-refractivity contribution in [1.29, 1.82) is 0 Å². The summed E-state index contributed by atoms with van der Waals surface area (Å²) >= 11 is 0. The van der Waals surface area contributed by atoms with Crippen LogP contribution in [0.4, 0.5) is 0 Å². The van der Waals surface area contributed by atoms with Crippen molar-refractivity contribution in [3.63, 3.8) is 0 Å². The van der Waals surface area contributed by atoms with Crippen molar-refractivity contribution in [2.24, 2.45) is 0 Å². The van der Waals surface area contributed by atoms with E-state index in [0.29, 0.717) is 39.6 Å². The molecule has 0 radical (unpaired) electrons. The van der Waals surface area contributed by atoms with Crippen molar-refractivity contribution in [3.8, 4) is 12.3 Å². The van der Waals surface area contributed by atoms with Crippen LogP contribution in [-0.2, 0) is 47.2 Å². The molecule has 1 aromatic rings. The molecular formula is C14H14O3. The van der Waals surface area contributed by atoms with Gasteiger partial charge in [-0.2, -0.15) is 0 Å². The third kappa shape index (κ3) is 1.85. The van der Waals surface area contributed by atoms with Crippen molar-refractivity contribution >= 4 is 0 Å². The molecule has 0 saturated carbocycles. The van der Waals surface area contributed by atoms with Crippen molar-refractivity contribution in [2.75, 3.05) is 6.61 Å². The van der Waals surface area contributed by atoms with Gasteiger partial charge in [0.25, 0.3) is 0 Å². The number of hydrogen-bond donors (Lipinski definition) is 0. The molecule has 0 fully saturated rings. The monoisotopic (exact) mass is 230 g/mol. The van der Waals surface area contributed by atoms with E-state index in [1.807, 2.05) is 0 Å². The van der Waals surface area contributed by atoms with Crippen LogP contribution in [0.2, 0.25) is 0 Å². The van der Waals surface area contributed by atoms with E-state index >= 15 is 0 Å². The maximum Gasteiger partial charge on any atom is 0.107 e. The number of fused-ring (bicyclic) bond motifs is 3. The SMILES string of the molecule is C#CCOCc1cc2c(c3c1COC3)COC2. The third-order valence-electron chi connectivity index (χ3n) is 3.29. The van der Waals surface area contributed by atoms with Gasteiger partial charge in [0.15, 0.2) is 0 Å². The fourth-order valence-electron chi connectivity index (χ4n) is 2.48. The van der Waals surface area contributed by atoms with Crippen LogP contribution in [0.1, 0.15) is 27.8 Å². The number of hydrogen-bond acceptors (Lipinski definition) is 3. The molecule has 2 heterocycles. The molecule has 17 heavy (non-hydrogen) atoms.